The summed E-state index contributed by atoms with van der Waals surface area (Å²) in [5.41, 5.74) is 0.292. The summed E-state index contributed by atoms with van der Waals surface area (Å²) in [6.45, 7) is 11.8. The minimum atomic E-state index is -0.870. The topological polar surface area (TPSA) is 12.0 Å². The number of allylic oxidation sites excluding steroid dienone is 4. The number of hydrogen-bond acceptors (Lipinski definition) is 1. The Labute approximate surface area is 94.4 Å². The first kappa shape index (κ1) is 12.3. The van der Waals surface area contributed by atoms with Crippen LogP contribution in [0.2, 0.25) is 13.1 Å². The van der Waals surface area contributed by atoms with E-state index in [1.165, 1.54) is 6.42 Å². The van der Waals surface area contributed by atoms with Crippen molar-refractivity contribution in [3.63, 3.8) is 0 Å². The molecule has 1 aliphatic carbocycles. The van der Waals surface area contributed by atoms with Crippen molar-refractivity contribution in [2.75, 3.05) is 0 Å². The van der Waals surface area contributed by atoms with Crippen LogP contribution >= 0.6 is 0 Å². The molecule has 1 N–H and O–H groups in total. The van der Waals surface area contributed by atoms with Gasteiger partial charge >= 0.3 is 94.4 Å². The third kappa shape index (κ3) is 3.78. The van der Waals surface area contributed by atoms with E-state index in [-0.39, 0.29) is 0 Å². The monoisotopic (exact) mass is 247 g/mol. The summed E-state index contributed by atoms with van der Waals surface area (Å²) in [5, 5.41) is 0. The molecule has 0 saturated carbocycles. The molecule has 0 spiro atoms. The van der Waals surface area contributed by atoms with Gasteiger partial charge in [0.1, 0.15) is 0 Å². The van der Waals surface area contributed by atoms with Gasteiger partial charge in [0.25, 0.3) is 0 Å². The number of nitrogens with one attached hydrogen (secondary N) is 1. The quantitative estimate of drug-likeness (QED) is 0.756. The zero-order valence-electron chi connectivity index (χ0n) is 9.96. The van der Waals surface area contributed by atoms with Crippen LogP contribution in [-0.4, -0.2) is 12.7 Å². The van der Waals surface area contributed by atoms with Gasteiger partial charge in [-0.2, -0.15) is 0 Å². The van der Waals surface area contributed by atoms with Crippen molar-refractivity contribution in [3.8, 4) is 0 Å². The average Bonchev–Trinajstić information content (AvgIpc) is 2.49. The Morgan fingerprint density at radius 1 is 1.36 bits per heavy atom. The zero-order chi connectivity index (χ0) is 10.8. The van der Waals surface area contributed by atoms with E-state index in [9.17, 15) is 0 Å². The third-order valence-electron chi connectivity index (χ3n) is 2.03. The average molecular weight is 247 g/mol. The summed E-state index contributed by atoms with van der Waals surface area (Å²) in [6.07, 6.45) is 8.08. The molecule has 14 heavy (non-hydrogen) atoms. The van der Waals surface area contributed by atoms with Crippen LogP contribution in [0.25, 0.3) is 0 Å². The molecule has 0 radical (unpaired) electrons. The summed E-state index contributed by atoms with van der Waals surface area (Å²) >= 11 is -0.870. The molecule has 0 unspecified atom stereocenters. The van der Waals surface area contributed by atoms with Gasteiger partial charge in [-0.25, -0.2) is 0 Å². The Hall–Kier alpha value is 0.241. The summed E-state index contributed by atoms with van der Waals surface area (Å²) in [6, 6.07) is 0. The summed E-state index contributed by atoms with van der Waals surface area (Å²) in [5.74, 6) is 0. The first-order valence-corrected chi connectivity index (χ1v) is 12.0. The maximum atomic E-state index is 3.90. The molecule has 0 heterocycles. The van der Waals surface area contributed by atoms with Gasteiger partial charge in [-0.05, 0) is 0 Å². The number of hydrogen-bond donors (Lipinski definition) is 1. The molecule has 0 amide bonds. The van der Waals surface area contributed by atoms with E-state index in [0.29, 0.717) is 5.54 Å². The fourth-order valence-electron chi connectivity index (χ4n) is 1.51. The predicted octanol–water partition coefficient (Wildman–Crippen LogP) is 2.73. The summed E-state index contributed by atoms with van der Waals surface area (Å²) < 4.78 is 5.63. The van der Waals surface area contributed by atoms with E-state index in [0.717, 1.165) is 0 Å². The zero-order valence-corrected chi connectivity index (χ0v) is 12.5. The summed E-state index contributed by atoms with van der Waals surface area (Å²) in [4.78, 5) is 0. The molecule has 80 valence electrons. The molecule has 3 heteroatoms. The molecule has 0 aromatic heterocycles. The van der Waals surface area contributed by atoms with Gasteiger partial charge in [-0.3, -0.25) is 0 Å². The third-order valence-corrected chi connectivity index (χ3v) is 12.7. The van der Waals surface area contributed by atoms with Crippen LogP contribution in [0.4, 0.5) is 0 Å². The van der Waals surface area contributed by atoms with Gasteiger partial charge < -0.3 is 0 Å². The molecule has 0 aromatic carbocycles. The SMILES string of the molecule is C[SiH](C)[V]([NH]C(C)(C)C)[C]1=CC=CC1. The van der Waals surface area contributed by atoms with E-state index < -0.39 is 21.9 Å². The van der Waals surface area contributed by atoms with Crippen molar-refractivity contribution in [1.29, 1.82) is 0 Å². The molecule has 1 rings (SSSR count). The normalized spacial score (nSPS) is 16.9. The van der Waals surface area contributed by atoms with Crippen molar-refractivity contribution >= 4 is 7.17 Å². The Morgan fingerprint density at radius 3 is 2.36 bits per heavy atom. The van der Waals surface area contributed by atoms with Crippen LogP contribution in [0.15, 0.2) is 22.5 Å². The van der Waals surface area contributed by atoms with E-state index in [2.05, 4.69) is 56.3 Å². The van der Waals surface area contributed by atoms with Crippen molar-refractivity contribution < 1.29 is 14.7 Å². The molecule has 0 fully saturated rings. The van der Waals surface area contributed by atoms with Gasteiger partial charge in [0.15, 0.2) is 0 Å². The first-order valence-electron chi connectivity index (χ1n) is 5.33. The van der Waals surface area contributed by atoms with Crippen LogP contribution in [0, 0.1) is 0 Å². The number of rotatable bonds is 3. The van der Waals surface area contributed by atoms with E-state index in [4.69, 9.17) is 0 Å². The standard InChI is InChI=1S/C5H5.C4H10N.C2H7Si.V/c1-2-4-5-3-1;1-4(2,3)5;1-3-2;/h1-3H,4H2;5H,1-3H3;3H,1-2H3;/q;-1;;+1. The Balaban J connectivity index is 2.66. The molecule has 1 nitrogen and oxygen atoms in total. The molecule has 0 saturated heterocycles. The van der Waals surface area contributed by atoms with E-state index in [1.807, 2.05) is 0 Å². The molecular weight excluding hydrogens is 225 g/mol. The fraction of sp³-hybridized carbons (Fsp3) is 0.636. The molecule has 0 bridgehead atoms. The second kappa shape index (κ2) is 4.84. The first-order chi connectivity index (χ1) is 6.40. The van der Waals surface area contributed by atoms with Gasteiger partial charge in [0.05, 0.1) is 0 Å². The van der Waals surface area contributed by atoms with Gasteiger partial charge in [0, 0.05) is 0 Å². The predicted molar refractivity (Wildman–Crippen MR) is 63.6 cm³/mol. The molecule has 1 aliphatic rings. The van der Waals surface area contributed by atoms with Crippen molar-refractivity contribution in [2.45, 2.75) is 45.8 Å². The summed E-state index contributed by atoms with van der Waals surface area (Å²) in [7, 11) is -0.512. The van der Waals surface area contributed by atoms with E-state index in [1.54, 1.807) is 4.28 Å². The van der Waals surface area contributed by atoms with E-state index >= 15 is 0 Å². The van der Waals surface area contributed by atoms with Gasteiger partial charge in [-0.15, -0.1) is 0 Å². The van der Waals surface area contributed by atoms with Crippen molar-refractivity contribution in [3.05, 3.63) is 22.5 Å². The molecule has 0 aromatic rings. The second-order valence-corrected chi connectivity index (χ2v) is 16.7. The second-order valence-electron chi connectivity index (χ2n) is 5.12. The fourth-order valence-corrected chi connectivity index (χ4v) is 11.3. The van der Waals surface area contributed by atoms with Gasteiger partial charge in [0.2, 0.25) is 0 Å². The van der Waals surface area contributed by atoms with Crippen molar-refractivity contribution in [2.24, 2.45) is 0 Å². The van der Waals surface area contributed by atoms with Crippen LogP contribution < -0.4 is 4.17 Å². The Bertz CT molecular complexity index is 251. The molecular formula is C11H22NSiV. The van der Waals surface area contributed by atoms with Crippen LogP contribution in [0.1, 0.15) is 27.2 Å². The maximum absolute atomic E-state index is 3.90. The van der Waals surface area contributed by atoms with Crippen LogP contribution in [0.5, 0.6) is 0 Å². The molecule has 0 aliphatic heterocycles. The Morgan fingerprint density at radius 2 is 2.00 bits per heavy atom. The Kier molecular flexibility index (Phi) is 4.26. The van der Waals surface area contributed by atoms with Crippen molar-refractivity contribution in [1.82, 2.24) is 4.17 Å². The van der Waals surface area contributed by atoms with Crippen LogP contribution in [-0.2, 0) is 14.7 Å². The minimum absolute atomic E-state index is 0.292. The van der Waals surface area contributed by atoms with Crippen LogP contribution in [0.3, 0.4) is 0 Å². The van der Waals surface area contributed by atoms with Gasteiger partial charge in [-0.1, -0.05) is 0 Å². The molecule has 0 atom stereocenters.